The van der Waals surface area contributed by atoms with Crippen LogP contribution >= 0.6 is 11.8 Å². The van der Waals surface area contributed by atoms with E-state index in [1.807, 2.05) is 45.0 Å². The van der Waals surface area contributed by atoms with Gasteiger partial charge in [-0.15, -0.1) is 0 Å². The molecule has 0 saturated carbocycles. The molecule has 2 aromatic rings. The highest BCUT2D eigenvalue weighted by molar-refractivity contribution is 7.99. The fraction of sp³-hybridized carbons (Fsp3) is 0.552. The number of ether oxygens (including phenoxy) is 1. The summed E-state index contributed by atoms with van der Waals surface area (Å²) in [5, 5.41) is 3.00. The Hall–Kier alpha value is -2.39. The Balaban J connectivity index is 1.34. The largest absolute Gasteiger partial charge is 0.444 e. The van der Waals surface area contributed by atoms with Crippen molar-refractivity contribution < 1.29 is 22.7 Å². The van der Waals surface area contributed by atoms with E-state index in [9.17, 15) is 18.0 Å². The second-order valence-corrected chi connectivity index (χ2v) is 12.2. The van der Waals surface area contributed by atoms with Gasteiger partial charge in [0.1, 0.15) is 5.60 Å². The van der Waals surface area contributed by atoms with Crippen LogP contribution in [0, 0.1) is 5.92 Å². The van der Waals surface area contributed by atoms with E-state index in [-0.39, 0.29) is 12.3 Å². The molecule has 2 aliphatic heterocycles. The Kier molecular flexibility index (Phi) is 8.87. The first-order valence-electron chi connectivity index (χ1n) is 13.4. The monoisotopic (exact) mass is 549 g/mol. The molecule has 1 amide bonds. The smallest absolute Gasteiger partial charge is 0.416 e. The molecule has 0 bridgehead atoms. The number of alkyl halides is 3. The predicted molar refractivity (Wildman–Crippen MR) is 146 cm³/mol. The van der Waals surface area contributed by atoms with Crippen LogP contribution < -0.4 is 10.2 Å². The molecule has 208 valence electrons. The number of carbonyl (C=O) groups excluding carboxylic acids is 1. The normalized spacial score (nSPS) is 17.5. The van der Waals surface area contributed by atoms with E-state index in [1.54, 1.807) is 6.07 Å². The number of halogens is 3. The van der Waals surface area contributed by atoms with Gasteiger partial charge in [0.15, 0.2) is 0 Å². The van der Waals surface area contributed by atoms with E-state index in [0.29, 0.717) is 18.2 Å². The third kappa shape index (κ3) is 7.17. The zero-order valence-electron chi connectivity index (χ0n) is 22.6. The first kappa shape index (κ1) is 28.6. The summed E-state index contributed by atoms with van der Waals surface area (Å²) in [6.07, 6.45) is -0.0214. The average Bonchev–Trinajstić information content (AvgIpc) is 2.85. The lowest BCUT2D eigenvalue weighted by atomic mass is 9.91. The fourth-order valence-corrected chi connectivity index (χ4v) is 6.31. The van der Waals surface area contributed by atoms with Gasteiger partial charge in [0.2, 0.25) is 0 Å². The lowest BCUT2D eigenvalue weighted by Gasteiger charge is -2.38. The van der Waals surface area contributed by atoms with Gasteiger partial charge in [0.25, 0.3) is 0 Å². The number of para-hydroxylation sites is 1. The van der Waals surface area contributed by atoms with Crippen LogP contribution in [0.2, 0.25) is 0 Å². The number of nitrogens with one attached hydrogen (secondary N) is 1. The maximum atomic E-state index is 13.5. The van der Waals surface area contributed by atoms with Crippen LogP contribution in [0.1, 0.15) is 65.4 Å². The van der Waals surface area contributed by atoms with Crippen molar-refractivity contribution in [1.82, 2.24) is 10.2 Å². The molecule has 0 radical (unpaired) electrons. The summed E-state index contributed by atoms with van der Waals surface area (Å²) in [6, 6.07) is 12.0. The van der Waals surface area contributed by atoms with Gasteiger partial charge < -0.3 is 15.0 Å². The van der Waals surface area contributed by atoms with E-state index in [2.05, 4.69) is 22.0 Å². The highest BCUT2D eigenvalue weighted by atomic mass is 32.2. The van der Waals surface area contributed by atoms with Crippen molar-refractivity contribution in [2.24, 2.45) is 5.92 Å². The first-order valence-corrected chi connectivity index (χ1v) is 14.3. The second-order valence-electron chi connectivity index (χ2n) is 11.1. The molecule has 9 heteroatoms. The van der Waals surface area contributed by atoms with Crippen LogP contribution in [-0.2, 0) is 10.9 Å². The lowest BCUT2D eigenvalue weighted by molar-refractivity contribution is -0.137. The van der Waals surface area contributed by atoms with Gasteiger partial charge in [-0.1, -0.05) is 30.8 Å². The van der Waals surface area contributed by atoms with Crippen LogP contribution in [0.15, 0.2) is 52.3 Å². The van der Waals surface area contributed by atoms with Crippen molar-refractivity contribution in [3.8, 4) is 0 Å². The molecule has 5 nitrogen and oxygen atoms in total. The number of rotatable bonds is 7. The number of hydrogen-bond donors (Lipinski definition) is 1. The molecule has 2 aromatic carbocycles. The number of anilines is 2. The maximum Gasteiger partial charge on any atom is 0.416 e. The summed E-state index contributed by atoms with van der Waals surface area (Å²) in [7, 11) is 0. The summed E-state index contributed by atoms with van der Waals surface area (Å²) in [4.78, 5) is 18.5. The van der Waals surface area contributed by atoms with E-state index >= 15 is 0 Å². The first-order chi connectivity index (χ1) is 17.9. The highest BCUT2D eigenvalue weighted by Gasteiger charge is 2.33. The van der Waals surface area contributed by atoms with Gasteiger partial charge in [0.05, 0.1) is 23.1 Å². The predicted octanol–water partition coefficient (Wildman–Crippen LogP) is 8.06. The van der Waals surface area contributed by atoms with Crippen molar-refractivity contribution >= 4 is 29.2 Å². The van der Waals surface area contributed by atoms with Crippen molar-refractivity contribution in [2.45, 2.75) is 87.5 Å². The highest BCUT2D eigenvalue weighted by Crippen LogP contribution is 2.49. The molecule has 1 fully saturated rings. The van der Waals surface area contributed by atoms with Gasteiger partial charge in [-0.2, -0.15) is 13.2 Å². The number of hydrogen-bond acceptors (Lipinski definition) is 5. The molecule has 4 rings (SSSR count). The number of benzene rings is 2. The van der Waals surface area contributed by atoms with Gasteiger partial charge in [0, 0.05) is 29.4 Å². The molecule has 1 saturated heterocycles. The molecular formula is C29H38F3N3O2S. The van der Waals surface area contributed by atoms with Crippen LogP contribution in [0.5, 0.6) is 0 Å². The molecule has 38 heavy (non-hydrogen) atoms. The standard InChI is InChI=1S/C29H38F3N3O2S/c1-5-26(33-27(36)37-28(2,3)4)34-17-14-20(15-18-34)9-8-16-35-22-10-6-7-11-24(22)38-25-13-12-21(19-23(25)35)29(30,31)32/h6-7,10-13,19-20,26H,5,8-9,14-18H2,1-4H3,(H,33,36). The molecule has 2 heterocycles. The SMILES string of the molecule is CCC(NC(=O)OC(C)(C)C)N1CCC(CCCN2c3ccccc3Sc3ccc(C(F)(F)F)cc32)CC1. The number of amides is 1. The summed E-state index contributed by atoms with van der Waals surface area (Å²) >= 11 is 1.53. The van der Waals surface area contributed by atoms with Crippen molar-refractivity contribution in [3.63, 3.8) is 0 Å². The van der Waals surface area contributed by atoms with E-state index in [1.165, 1.54) is 23.9 Å². The van der Waals surface area contributed by atoms with Crippen LogP contribution in [0.3, 0.4) is 0 Å². The Morgan fingerprint density at radius 2 is 1.76 bits per heavy atom. The topological polar surface area (TPSA) is 44.8 Å². The summed E-state index contributed by atoms with van der Waals surface area (Å²) in [5.41, 5.74) is 0.465. The number of likely N-dealkylation sites (tertiary alicyclic amines) is 1. The third-order valence-electron chi connectivity index (χ3n) is 7.11. The number of piperidine rings is 1. The zero-order chi connectivity index (χ0) is 27.5. The summed E-state index contributed by atoms with van der Waals surface area (Å²) in [6.45, 7) is 10.1. The molecule has 0 spiro atoms. The number of fused-ring (bicyclic) bond motifs is 2. The Bertz CT molecular complexity index is 1110. The van der Waals surface area contributed by atoms with Gasteiger partial charge in [-0.3, -0.25) is 4.90 Å². The maximum absolute atomic E-state index is 13.5. The van der Waals surface area contributed by atoms with Crippen molar-refractivity contribution in [3.05, 3.63) is 48.0 Å². The molecule has 1 unspecified atom stereocenters. The summed E-state index contributed by atoms with van der Waals surface area (Å²) < 4.78 is 45.8. The zero-order valence-corrected chi connectivity index (χ0v) is 23.4. The minimum absolute atomic E-state index is 0.0486. The van der Waals surface area contributed by atoms with Crippen LogP contribution in [-0.4, -0.2) is 42.4 Å². The van der Waals surface area contributed by atoms with Crippen LogP contribution in [0.25, 0.3) is 0 Å². The number of carbonyl (C=O) groups is 1. The number of alkyl carbamates (subject to hydrolysis) is 1. The minimum atomic E-state index is -4.37. The fourth-order valence-electron chi connectivity index (χ4n) is 5.23. The molecular weight excluding hydrogens is 511 g/mol. The Morgan fingerprint density at radius 1 is 1.08 bits per heavy atom. The number of nitrogens with zero attached hydrogens (tertiary/aromatic N) is 2. The molecule has 2 aliphatic rings. The van der Waals surface area contributed by atoms with Gasteiger partial charge in [-0.25, -0.2) is 4.79 Å². The van der Waals surface area contributed by atoms with E-state index < -0.39 is 17.3 Å². The quantitative estimate of drug-likeness (QED) is 0.378. The Morgan fingerprint density at radius 3 is 2.42 bits per heavy atom. The second kappa shape index (κ2) is 11.8. The van der Waals surface area contributed by atoms with Gasteiger partial charge >= 0.3 is 12.3 Å². The average molecular weight is 550 g/mol. The van der Waals surface area contributed by atoms with E-state index in [0.717, 1.165) is 60.7 Å². The van der Waals surface area contributed by atoms with E-state index in [4.69, 9.17) is 4.74 Å². The lowest BCUT2D eigenvalue weighted by Crippen LogP contribution is -2.51. The van der Waals surface area contributed by atoms with Gasteiger partial charge in [-0.05, 0) is 89.1 Å². The molecule has 1 N–H and O–H groups in total. The third-order valence-corrected chi connectivity index (χ3v) is 8.24. The molecule has 0 aliphatic carbocycles. The van der Waals surface area contributed by atoms with Crippen LogP contribution in [0.4, 0.5) is 29.3 Å². The van der Waals surface area contributed by atoms with Crippen molar-refractivity contribution in [1.29, 1.82) is 0 Å². The Labute approximate surface area is 228 Å². The minimum Gasteiger partial charge on any atom is -0.444 e. The molecule has 1 atom stereocenters. The summed E-state index contributed by atoms with van der Waals surface area (Å²) in [5.74, 6) is 0.556. The van der Waals surface area contributed by atoms with Crippen molar-refractivity contribution in [2.75, 3.05) is 24.5 Å². The molecule has 0 aromatic heterocycles.